The number of hydrogen-bond donors (Lipinski definition) is 0. The second kappa shape index (κ2) is 6.54. The van der Waals surface area contributed by atoms with Crippen LogP contribution in [0, 0.1) is 16.0 Å². The number of carbonyl (C=O) groups is 1. The van der Waals surface area contributed by atoms with Gasteiger partial charge in [0.1, 0.15) is 6.61 Å². The maximum absolute atomic E-state index is 11.1. The van der Waals surface area contributed by atoms with Crippen molar-refractivity contribution < 1.29 is 14.5 Å². The lowest BCUT2D eigenvalue weighted by molar-refractivity contribution is -0.384. The summed E-state index contributed by atoms with van der Waals surface area (Å²) in [6.07, 6.45) is 3.44. The molecule has 0 amide bonds. The minimum atomic E-state index is -0.447. The van der Waals surface area contributed by atoms with Gasteiger partial charge < -0.3 is 4.74 Å². The Morgan fingerprint density at radius 3 is 2.50 bits per heavy atom. The van der Waals surface area contributed by atoms with E-state index in [1.54, 1.807) is 38.1 Å². The highest BCUT2D eigenvalue weighted by Gasteiger charge is 2.06. The fraction of sp³-hybridized carbons (Fsp3) is 0.308. The molecule has 0 saturated carbocycles. The molecule has 1 aromatic rings. The van der Waals surface area contributed by atoms with Crippen LogP contribution in [0.15, 0.2) is 30.3 Å². The standard InChI is InChI=1S/C13H15NO4/c1-10(2)13(15)18-9-3-4-11-5-7-12(8-6-11)14(16)17/h3-8,10H,9H2,1-2H3/b4-3+. The number of non-ortho nitro benzene ring substituents is 1. The molecule has 0 bridgehead atoms. The summed E-state index contributed by atoms with van der Waals surface area (Å²) >= 11 is 0. The van der Waals surface area contributed by atoms with Gasteiger partial charge in [0.25, 0.3) is 5.69 Å². The summed E-state index contributed by atoms with van der Waals surface area (Å²) in [5.41, 5.74) is 0.875. The molecule has 18 heavy (non-hydrogen) atoms. The van der Waals surface area contributed by atoms with Crippen LogP contribution in [-0.2, 0) is 9.53 Å². The van der Waals surface area contributed by atoms with Gasteiger partial charge >= 0.3 is 5.97 Å². The lowest BCUT2D eigenvalue weighted by Crippen LogP contribution is -2.11. The van der Waals surface area contributed by atoms with E-state index in [9.17, 15) is 14.9 Å². The Morgan fingerprint density at radius 2 is 2.00 bits per heavy atom. The van der Waals surface area contributed by atoms with Crippen molar-refractivity contribution in [3.05, 3.63) is 46.0 Å². The van der Waals surface area contributed by atoms with Crippen LogP contribution < -0.4 is 0 Å². The van der Waals surface area contributed by atoms with E-state index in [4.69, 9.17) is 4.74 Å². The molecule has 0 atom stereocenters. The quantitative estimate of drug-likeness (QED) is 0.457. The molecule has 5 heteroatoms. The lowest BCUT2D eigenvalue weighted by atomic mass is 10.2. The van der Waals surface area contributed by atoms with Crippen molar-refractivity contribution in [2.45, 2.75) is 13.8 Å². The average Bonchev–Trinajstić information content (AvgIpc) is 2.34. The summed E-state index contributed by atoms with van der Waals surface area (Å²) in [6, 6.07) is 6.14. The maximum Gasteiger partial charge on any atom is 0.308 e. The molecule has 0 aliphatic carbocycles. The zero-order chi connectivity index (χ0) is 13.5. The van der Waals surface area contributed by atoms with Crippen molar-refractivity contribution >= 4 is 17.7 Å². The number of ether oxygens (including phenoxy) is 1. The molecule has 0 heterocycles. The van der Waals surface area contributed by atoms with Crippen molar-refractivity contribution in [1.29, 1.82) is 0 Å². The fourth-order valence-electron chi connectivity index (χ4n) is 1.19. The van der Waals surface area contributed by atoms with Gasteiger partial charge in [0, 0.05) is 12.1 Å². The number of benzene rings is 1. The van der Waals surface area contributed by atoms with Gasteiger partial charge in [0.2, 0.25) is 0 Å². The number of hydrogen-bond acceptors (Lipinski definition) is 4. The van der Waals surface area contributed by atoms with Crippen LogP contribution in [0.3, 0.4) is 0 Å². The number of nitro benzene ring substituents is 1. The van der Waals surface area contributed by atoms with Gasteiger partial charge in [-0.25, -0.2) is 0 Å². The third-order valence-electron chi connectivity index (χ3n) is 2.21. The van der Waals surface area contributed by atoms with Crippen LogP contribution in [-0.4, -0.2) is 17.5 Å². The summed E-state index contributed by atoms with van der Waals surface area (Å²) in [6.45, 7) is 3.73. The molecular weight excluding hydrogens is 234 g/mol. The predicted octanol–water partition coefficient (Wildman–Crippen LogP) is 2.81. The topological polar surface area (TPSA) is 69.4 Å². The highest BCUT2D eigenvalue weighted by atomic mass is 16.6. The van der Waals surface area contributed by atoms with Gasteiger partial charge in [-0.05, 0) is 23.8 Å². The Bertz CT molecular complexity index is 449. The molecule has 0 spiro atoms. The summed E-state index contributed by atoms with van der Waals surface area (Å²) in [5, 5.41) is 10.4. The molecule has 0 aliphatic rings. The predicted molar refractivity (Wildman–Crippen MR) is 67.9 cm³/mol. The van der Waals surface area contributed by atoms with Crippen molar-refractivity contribution in [2.24, 2.45) is 5.92 Å². The highest BCUT2D eigenvalue weighted by molar-refractivity contribution is 5.71. The zero-order valence-corrected chi connectivity index (χ0v) is 10.3. The molecule has 1 rings (SSSR count). The molecule has 96 valence electrons. The molecule has 0 saturated heterocycles. The lowest BCUT2D eigenvalue weighted by Gasteiger charge is -2.03. The van der Waals surface area contributed by atoms with Crippen LogP contribution in [0.2, 0.25) is 0 Å². The molecule has 0 unspecified atom stereocenters. The van der Waals surface area contributed by atoms with E-state index in [1.165, 1.54) is 12.1 Å². The van der Waals surface area contributed by atoms with Gasteiger partial charge in [0.05, 0.1) is 10.8 Å². The summed E-state index contributed by atoms with van der Waals surface area (Å²) in [5.74, 6) is -0.388. The number of carbonyl (C=O) groups excluding carboxylic acids is 1. The van der Waals surface area contributed by atoms with E-state index in [-0.39, 0.29) is 24.2 Å². The van der Waals surface area contributed by atoms with Gasteiger partial charge in [0.15, 0.2) is 0 Å². The first-order valence-electron chi connectivity index (χ1n) is 5.58. The minimum absolute atomic E-state index is 0.0541. The number of nitro groups is 1. The molecule has 0 fully saturated rings. The summed E-state index contributed by atoms with van der Waals surface area (Å²) in [4.78, 5) is 21.1. The SMILES string of the molecule is CC(C)C(=O)OC/C=C/c1ccc([N+](=O)[O-])cc1. The average molecular weight is 249 g/mol. The molecule has 0 radical (unpaired) electrons. The minimum Gasteiger partial charge on any atom is -0.461 e. The van der Waals surface area contributed by atoms with E-state index in [2.05, 4.69) is 0 Å². The number of nitrogens with zero attached hydrogens (tertiary/aromatic N) is 1. The van der Waals surface area contributed by atoms with E-state index >= 15 is 0 Å². The van der Waals surface area contributed by atoms with E-state index < -0.39 is 4.92 Å². The Kier molecular flexibility index (Phi) is 5.05. The molecular formula is C13H15NO4. The molecule has 5 nitrogen and oxygen atoms in total. The summed E-state index contributed by atoms with van der Waals surface area (Å²) in [7, 11) is 0. The second-order valence-electron chi connectivity index (χ2n) is 4.04. The molecule has 1 aromatic carbocycles. The van der Waals surface area contributed by atoms with Crippen LogP contribution in [0.25, 0.3) is 6.08 Å². The second-order valence-corrected chi connectivity index (χ2v) is 4.04. The van der Waals surface area contributed by atoms with Crippen LogP contribution >= 0.6 is 0 Å². The smallest absolute Gasteiger partial charge is 0.308 e. The van der Waals surface area contributed by atoms with Crippen molar-refractivity contribution in [3.8, 4) is 0 Å². The third-order valence-corrected chi connectivity index (χ3v) is 2.21. The zero-order valence-electron chi connectivity index (χ0n) is 10.3. The van der Waals surface area contributed by atoms with Crippen molar-refractivity contribution in [1.82, 2.24) is 0 Å². The fourth-order valence-corrected chi connectivity index (χ4v) is 1.19. The molecule has 0 aromatic heterocycles. The maximum atomic E-state index is 11.1. The van der Waals surface area contributed by atoms with E-state index in [0.29, 0.717) is 0 Å². The Labute approximate surface area is 105 Å². The van der Waals surface area contributed by atoms with Crippen molar-refractivity contribution in [2.75, 3.05) is 6.61 Å². The van der Waals surface area contributed by atoms with Crippen LogP contribution in [0.1, 0.15) is 19.4 Å². The largest absolute Gasteiger partial charge is 0.461 e. The van der Waals surface area contributed by atoms with Crippen molar-refractivity contribution in [3.63, 3.8) is 0 Å². The van der Waals surface area contributed by atoms with Crippen LogP contribution in [0.5, 0.6) is 0 Å². The third kappa shape index (κ3) is 4.37. The van der Waals surface area contributed by atoms with Gasteiger partial charge in [-0.2, -0.15) is 0 Å². The normalized spacial score (nSPS) is 10.8. The van der Waals surface area contributed by atoms with E-state index in [1.807, 2.05) is 0 Å². The molecule has 0 N–H and O–H groups in total. The van der Waals surface area contributed by atoms with Gasteiger partial charge in [-0.1, -0.05) is 19.9 Å². The van der Waals surface area contributed by atoms with Gasteiger partial charge in [-0.15, -0.1) is 0 Å². The van der Waals surface area contributed by atoms with E-state index in [0.717, 1.165) is 5.56 Å². The monoisotopic (exact) mass is 249 g/mol. The first kappa shape index (κ1) is 13.9. The Morgan fingerprint density at radius 1 is 1.39 bits per heavy atom. The Hall–Kier alpha value is -2.17. The van der Waals surface area contributed by atoms with Gasteiger partial charge in [-0.3, -0.25) is 14.9 Å². The number of rotatable bonds is 5. The first-order valence-corrected chi connectivity index (χ1v) is 5.58. The highest BCUT2D eigenvalue weighted by Crippen LogP contribution is 2.12. The first-order chi connectivity index (χ1) is 8.50. The molecule has 0 aliphatic heterocycles. The van der Waals surface area contributed by atoms with Crippen LogP contribution in [0.4, 0.5) is 5.69 Å². The summed E-state index contributed by atoms with van der Waals surface area (Å²) < 4.78 is 4.95. The Balaban J connectivity index is 2.47. The number of esters is 1.